The minimum absolute atomic E-state index is 0.00983. The van der Waals surface area contributed by atoms with Gasteiger partial charge in [0.15, 0.2) is 12.4 Å². The number of imide groups is 1. The molecule has 1 aliphatic heterocycles. The Morgan fingerprint density at radius 1 is 1.07 bits per heavy atom. The number of nitrogens with one attached hydrogen (secondary N) is 3. The number of nitrogens with zero attached hydrogens (tertiary/aromatic N) is 1. The third-order valence-corrected chi connectivity index (χ3v) is 8.24. The Morgan fingerprint density at radius 2 is 1.77 bits per heavy atom. The summed E-state index contributed by atoms with van der Waals surface area (Å²) in [6.45, 7) is 5.61. The normalized spacial score (nSPS) is 16.0. The summed E-state index contributed by atoms with van der Waals surface area (Å²) < 4.78 is 5.40. The van der Waals surface area contributed by atoms with Gasteiger partial charge in [-0.3, -0.25) is 33.7 Å². The summed E-state index contributed by atoms with van der Waals surface area (Å²) in [5.74, 6) is -0.737. The minimum atomic E-state index is -0.545. The van der Waals surface area contributed by atoms with E-state index in [2.05, 4.69) is 16.0 Å². The molecule has 2 rings (SSSR count). The number of hydrogen-bond donors (Lipinski definition) is 4. The zero-order chi connectivity index (χ0) is 31.8. The lowest BCUT2D eigenvalue weighted by Crippen LogP contribution is -2.41. The summed E-state index contributed by atoms with van der Waals surface area (Å²) in [5, 5.41) is 16.8. The first-order valence-corrected chi connectivity index (χ1v) is 15.7. The number of aliphatic hydroxyl groups is 1. The predicted molar refractivity (Wildman–Crippen MR) is 162 cm³/mol. The average Bonchev–Trinajstić information content (AvgIpc) is 3.26. The van der Waals surface area contributed by atoms with Crippen LogP contribution in [-0.4, -0.2) is 88.6 Å². The maximum absolute atomic E-state index is 12.7. The number of aliphatic hydroxyl groups excluding tert-OH is 1. The van der Waals surface area contributed by atoms with Crippen LogP contribution in [0.25, 0.3) is 0 Å². The van der Waals surface area contributed by atoms with Gasteiger partial charge in [-0.1, -0.05) is 32.4 Å². The lowest BCUT2D eigenvalue weighted by atomic mass is 10.0. The van der Waals surface area contributed by atoms with E-state index < -0.39 is 11.3 Å². The van der Waals surface area contributed by atoms with Crippen molar-refractivity contribution in [1.29, 1.82) is 0 Å². The van der Waals surface area contributed by atoms with E-state index in [0.29, 0.717) is 43.9 Å². The fourth-order valence-corrected chi connectivity index (χ4v) is 5.38. The van der Waals surface area contributed by atoms with Gasteiger partial charge in [0.05, 0.1) is 17.9 Å². The molecule has 0 spiro atoms. The molecule has 43 heavy (non-hydrogen) atoms. The van der Waals surface area contributed by atoms with Crippen LogP contribution in [0.2, 0.25) is 0 Å². The summed E-state index contributed by atoms with van der Waals surface area (Å²) in [6, 6.07) is 6.28. The highest BCUT2D eigenvalue weighted by Gasteiger charge is 2.38. The van der Waals surface area contributed by atoms with E-state index >= 15 is 0 Å². The fourth-order valence-electron chi connectivity index (χ4n) is 4.34. The highest BCUT2D eigenvalue weighted by Crippen LogP contribution is 2.25. The number of thioether (sulfide) groups is 1. The molecule has 4 N–H and O–H groups in total. The number of rotatable bonds is 20. The van der Waals surface area contributed by atoms with Crippen LogP contribution < -0.4 is 20.7 Å². The van der Waals surface area contributed by atoms with Crippen molar-refractivity contribution in [2.75, 3.05) is 32.0 Å². The summed E-state index contributed by atoms with van der Waals surface area (Å²) in [4.78, 5) is 74.2. The molecule has 1 aromatic carbocycles. The third-order valence-electron chi connectivity index (χ3n) is 7.03. The lowest BCUT2D eigenvalue weighted by molar-refractivity contribution is -0.138. The predicted octanol–water partition coefficient (Wildman–Crippen LogP) is 1.33. The Morgan fingerprint density at radius 3 is 2.42 bits per heavy atom. The molecule has 3 unspecified atom stereocenters. The molecule has 0 saturated carbocycles. The van der Waals surface area contributed by atoms with Gasteiger partial charge in [-0.15, -0.1) is 11.8 Å². The molecule has 12 nitrogen and oxygen atoms in total. The Hall–Kier alpha value is -3.45. The van der Waals surface area contributed by atoms with Gasteiger partial charge in [-0.25, -0.2) is 0 Å². The maximum atomic E-state index is 12.7. The molecule has 1 aliphatic rings. The SMILES string of the molecule is CCC(NC(=O)C(C)CCCCNC(=O)CCN1C(=O)CC(SCCNC(=O)COc2ccc(CO)cc2)C1=O)C(C)=O. The molecule has 1 heterocycles. The number of unbranched alkanes of at least 4 members (excludes halogenated alkanes) is 1. The van der Waals surface area contributed by atoms with E-state index in [1.807, 2.05) is 13.8 Å². The van der Waals surface area contributed by atoms with Crippen molar-refractivity contribution in [1.82, 2.24) is 20.9 Å². The lowest BCUT2D eigenvalue weighted by Gasteiger charge is -2.17. The van der Waals surface area contributed by atoms with E-state index in [1.54, 1.807) is 24.3 Å². The molecule has 0 aliphatic carbocycles. The topological polar surface area (TPSA) is 171 Å². The number of benzene rings is 1. The maximum Gasteiger partial charge on any atom is 0.257 e. The molecule has 1 aromatic rings. The second-order valence-corrected chi connectivity index (χ2v) is 11.8. The number of amides is 5. The van der Waals surface area contributed by atoms with Crippen molar-refractivity contribution in [2.24, 2.45) is 5.92 Å². The van der Waals surface area contributed by atoms with Crippen LogP contribution in [-0.2, 0) is 35.4 Å². The zero-order valence-electron chi connectivity index (χ0n) is 25.2. The minimum Gasteiger partial charge on any atom is -0.484 e. The number of Topliss-reactive ketones (excluding diaryl/α,β-unsaturated/α-hetero) is 1. The van der Waals surface area contributed by atoms with Gasteiger partial charge in [-0.05, 0) is 43.9 Å². The highest BCUT2D eigenvalue weighted by molar-refractivity contribution is 8.00. The van der Waals surface area contributed by atoms with Crippen LogP contribution in [0.15, 0.2) is 24.3 Å². The van der Waals surface area contributed by atoms with Crippen LogP contribution >= 0.6 is 11.8 Å². The van der Waals surface area contributed by atoms with Crippen LogP contribution in [0.1, 0.15) is 64.9 Å². The molecule has 238 valence electrons. The third kappa shape index (κ3) is 12.8. The first kappa shape index (κ1) is 35.7. The molecule has 1 fully saturated rings. The molecule has 5 amide bonds. The number of hydrogen-bond acceptors (Lipinski definition) is 9. The van der Waals surface area contributed by atoms with Gasteiger partial charge < -0.3 is 25.8 Å². The molecular formula is C30H44N4O8S. The first-order chi connectivity index (χ1) is 20.5. The standard InChI is InChI=1S/C30H44N4O8S/c1-4-24(21(3)36)33-29(40)20(2)7-5-6-13-31-26(37)12-15-34-28(39)17-25(30(34)41)43-16-14-32-27(38)19-42-23-10-8-22(18-35)9-11-23/h8-11,20,24-25,35H,4-7,12-19H2,1-3H3,(H,31,37)(H,32,38)(H,33,40). The summed E-state index contributed by atoms with van der Waals surface area (Å²) in [5.41, 5.74) is 0.741. The van der Waals surface area contributed by atoms with Crippen molar-refractivity contribution >= 4 is 47.1 Å². The van der Waals surface area contributed by atoms with Crippen molar-refractivity contribution in [3.05, 3.63) is 29.8 Å². The molecule has 0 aromatic heterocycles. The quantitative estimate of drug-likeness (QED) is 0.124. The largest absolute Gasteiger partial charge is 0.484 e. The van der Waals surface area contributed by atoms with Crippen molar-refractivity contribution in [3.63, 3.8) is 0 Å². The van der Waals surface area contributed by atoms with Gasteiger partial charge in [0.2, 0.25) is 23.6 Å². The summed E-state index contributed by atoms with van der Waals surface area (Å²) in [6.07, 6.45) is 2.64. The van der Waals surface area contributed by atoms with E-state index in [9.17, 15) is 28.8 Å². The van der Waals surface area contributed by atoms with Gasteiger partial charge in [-0.2, -0.15) is 0 Å². The molecular weight excluding hydrogens is 576 g/mol. The van der Waals surface area contributed by atoms with Crippen molar-refractivity contribution < 1.29 is 38.6 Å². The van der Waals surface area contributed by atoms with E-state index in [0.717, 1.165) is 16.9 Å². The van der Waals surface area contributed by atoms with Gasteiger partial charge >= 0.3 is 0 Å². The number of carbonyl (C=O) groups excluding carboxylic acids is 6. The molecule has 0 bridgehead atoms. The second kappa shape index (κ2) is 19.0. The van der Waals surface area contributed by atoms with E-state index in [1.165, 1.54) is 18.7 Å². The van der Waals surface area contributed by atoms with E-state index in [-0.39, 0.29) is 73.8 Å². The number of carbonyl (C=O) groups is 6. The smallest absolute Gasteiger partial charge is 0.257 e. The van der Waals surface area contributed by atoms with Crippen LogP contribution in [0.4, 0.5) is 0 Å². The molecule has 1 saturated heterocycles. The Balaban J connectivity index is 1.57. The Labute approximate surface area is 257 Å². The van der Waals surface area contributed by atoms with E-state index in [4.69, 9.17) is 9.84 Å². The molecule has 3 atom stereocenters. The van der Waals surface area contributed by atoms with Gasteiger partial charge in [0, 0.05) is 44.1 Å². The van der Waals surface area contributed by atoms with Gasteiger partial charge in [0.25, 0.3) is 5.91 Å². The Bertz CT molecular complexity index is 1110. The Kier molecular flexibility index (Phi) is 15.8. The average molecular weight is 621 g/mol. The monoisotopic (exact) mass is 620 g/mol. The van der Waals surface area contributed by atoms with Crippen molar-refractivity contribution in [2.45, 2.75) is 77.2 Å². The highest BCUT2D eigenvalue weighted by atomic mass is 32.2. The fraction of sp³-hybridized carbons (Fsp3) is 0.600. The van der Waals surface area contributed by atoms with Crippen LogP contribution in [0.5, 0.6) is 5.75 Å². The van der Waals surface area contributed by atoms with Crippen LogP contribution in [0.3, 0.4) is 0 Å². The summed E-state index contributed by atoms with van der Waals surface area (Å²) >= 11 is 1.29. The molecule has 0 radical (unpaired) electrons. The molecule has 13 heteroatoms. The zero-order valence-corrected chi connectivity index (χ0v) is 26.0. The van der Waals surface area contributed by atoms with Gasteiger partial charge in [0.1, 0.15) is 5.75 Å². The number of ether oxygens (including phenoxy) is 1. The summed E-state index contributed by atoms with van der Waals surface area (Å²) in [7, 11) is 0. The second-order valence-electron chi connectivity index (χ2n) is 10.5. The van der Waals surface area contributed by atoms with Crippen LogP contribution in [0, 0.1) is 5.92 Å². The first-order valence-electron chi connectivity index (χ1n) is 14.7. The van der Waals surface area contributed by atoms with Crippen molar-refractivity contribution in [3.8, 4) is 5.75 Å². The number of ketones is 1. The number of likely N-dealkylation sites (tertiary alicyclic amines) is 1.